The first-order valence-corrected chi connectivity index (χ1v) is 7.67. The van der Waals surface area contributed by atoms with Gasteiger partial charge in [-0.15, -0.1) is 0 Å². The fourth-order valence-electron chi connectivity index (χ4n) is 2.28. The fraction of sp³-hybridized carbons (Fsp3) is 0.263. The Balaban J connectivity index is 1.99. The largest absolute Gasteiger partial charge is 0.482 e. The van der Waals surface area contributed by atoms with E-state index in [0.717, 1.165) is 11.1 Å². The van der Waals surface area contributed by atoms with Gasteiger partial charge in [0.1, 0.15) is 5.75 Å². The van der Waals surface area contributed by atoms with Crippen LogP contribution in [0, 0.1) is 0 Å². The third kappa shape index (κ3) is 4.59. The van der Waals surface area contributed by atoms with Crippen LogP contribution in [0.4, 0.5) is 0 Å². The molecule has 0 heterocycles. The van der Waals surface area contributed by atoms with Gasteiger partial charge in [-0.1, -0.05) is 42.5 Å². The van der Waals surface area contributed by atoms with Crippen LogP contribution in [0.3, 0.4) is 0 Å². The molecule has 0 saturated heterocycles. The lowest BCUT2D eigenvalue weighted by molar-refractivity contribution is -0.139. The summed E-state index contributed by atoms with van der Waals surface area (Å²) in [5, 5.41) is 11.6. The highest BCUT2D eigenvalue weighted by Crippen LogP contribution is 2.23. The number of carboxylic acid groups (broad SMARTS) is 1. The predicted octanol–water partition coefficient (Wildman–Crippen LogP) is 2.74. The number of carbonyl (C=O) groups is 2. The molecule has 0 aliphatic rings. The lowest BCUT2D eigenvalue weighted by Crippen LogP contribution is -2.39. The topological polar surface area (TPSA) is 75.6 Å². The van der Waals surface area contributed by atoms with Crippen LogP contribution in [-0.4, -0.2) is 23.6 Å². The van der Waals surface area contributed by atoms with Crippen molar-refractivity contribution < 1.29 is 19.4 Å². The molecule has 0 atom stereocenters. The number of aliphatic carboxylic acids is 1. The molecule has 5 heteroatoms. The Morgan fingerprint density at radius 2 is 1.79 bits per heavy atom. The van der Waals surface area contributed by atoms with Crippen LogP contribution in [0.5, 0.6) is 5.75 Å². The van der Waals surface area contributed by atoms with E-state index in [9.17, 15) is 9.59 Å². The van der Waals surface area contributed by atoms with Crippen molar-refractivity contribution in [3.05, 3.63) is 65.7 Å². The Labute approximate surface area is 141 Å². The van der Waals surface area contributed by atoms with E-state index in [4.69, 9.17) is 9.84 Å². The zero-order valence-corrected chi connectivity index (χ0v) is 13.8. The highest BCUT2D eigenvalue weighted by atomic mass is 16.5. The zero-order chi connectivity index (χ0) is 17.6. The van der Waals surface area contributed by atoms with E-state index in [-0.39, 0.29) is 5.91 Å². The number of benzene rings is 2. The molecule has 5 nitrogen and oxygen atoms in total. The molecule has 0 aliphatic carbocycles. The van der Waals surface area contributed by atoms with E-state index in [1.54, 1.807) is 18.2 Å². The number of hydrogen-bond donors (Lipinski definition) is 2. The summed E-state index contributed by atoms with van der Waals surface area (Å²) in [4.78, 5) is 23.1. The third-order valence-electron chi connectivity index (χ3n) is 3.78. The highest BCUT2D eigenvalue weighted by Gasteiger charge is 2.29. The van der Waals surface area contributed by atoms with Crippen molar-refractivity contribution in [2.75, 3.05) is 6.61 Å². The molecule has 0 aromatic heterocycles. The molecule has 0 aliphatic heterocycles. The Morgan fingerprint density at radius 3 is 2.46 bits per heavy atom. The van der Waals surface area contributed by atoms with Gasteiger partial charge in [0, 0.05) is 6.54 Å². The van der Waals surface area contributed by atoms with Crippen LogP contribution in [-0.2, 0) is 21.5 Å². The number of rotatable bonds is 7. The summed E-state index contributed by atoms with van der Waals surface area (Å²) >= 11 is 0. The summed E-state index contributed by atoms with van der Waals surface area (Å²) in [5.74, 6) is -0.643. The smallest absolute Gasteiger partial charge is 0.341 e. The average Bonchev–Trinajstić information content (AvgIpc) is 2.59. The van der Waals surface area contributed by atoms with Crippen LogP contribution < -0.4 is 10.1 Å². The molecular formula is C19H21NO4. The van der Waals surface area contributed by atoms with Crippen molar-refractivity contribution in [3.63, 3.8) is 0 Å². The number of carbonyl (C=O) groups excluding carboxylic acids is 1. The summed E-state index contributed by atoms with van der Waals surface area (Å²) in [6.45, 7) is 3.71. The summed E-state index contributed by atoms with van der Waals surface area (Å²) in [6, 6.07) is 16.6. The van der Waals surface area contributed by atoms with Gasteiger partial charge in [-0.3, -0.25) is 4.79 Å². The van der Waals surface area contributed by atoms with Crippen LogP contribution in [0.1, 0.15) is 25.0 Å². The Hall–Kier alpha value is -2.82. The Bertz CT molecular complexity index is 710. The first-order valence-electron chi connectivity index (χ1n) is 7.67. The minimum absolute atomic E-state index is 0.0782. The minimum Gasteiger partial charge on any atom is -0.482 e. The molecular weight excluding hydrogens is 306 g/mol. The molecule has 2 N–H and O–H groups in total. The van der Waals surface area contributed by atoms with Gasteiger partial charge in [-0.2, -0.15) is 0 Å². The maximum atomic E-state index is 12.5. The molecule has 0 spiro atoms. The van der Waals surface area contributed by atoms with Crippen LogP contribution in [0.15, 0.2) is 54.6 Å². The second-order valence-electron chi connectivity index (χ2n) is 6.00. The lowest BCUT2D eigenvalue weighted by Gasteiger charge is -2.24. The summed E-state index contributed by atoms with van der Waals surface area (Å²) in [7, 11) is 0. The minimum atomic E-state index is -1.03. The van der Waals surface area contributed by atoms with Crippen LogP contribution in [0.25, 0.3) is 0 Å². The number of ether oxygens (including phenoxy) is 1. The van der Waals surface area contributed by atoms with Crippen molar-refractivity contribution in [3.8, 4) is 5.75 Å². The van der Waals surface area contributed by atoms with E-state index in [1.807, 2.05) is 50.2 Å². The first kappa shape index (κ1) is 17.5. The van der Waals surface area contributed by atoms with Crippen molar-refractivity contribution in [2.45, 2.75) is 25.8 Å². The van der Waals surface area contributed by atoms with Gasteiger partial charge in [0.15, 0.2) is 6.61 Å². The monoisotopic (exact) mass is 327 g/mol. The van der Waals surface area contributed by atoms with Gasteiger partial charge in [0.05, 0.1) is 5.41 Å². The van der Waals surface area contributed by atoms with E-state index >= 15 is 0 Å². The van der Waals surface area contributed by atoms with Gasteiger partial charge in [-0.25, -0.2) is 4.79 Å². The van der Waals surface area contributed by atoms with Gasteiger partial charge >= 0.3 is 5.97 Å². The van der Waals surface area contributed by atoms with Crippen molar-refractivity contribution in [1.29, 1.82) is 0 Å². The molecule has 126 valence electrons. The van der Waals surface area contributed by atoms with Crippen LogP contribution >= 0.6 is 0 Å². The van der Waals surface area contributed by atoms with Crippen molar-refractivity contribution in [2.24, 2.45) is 0 Å². The molecule has 0 bridgehead atoms. The molecule has 0 fully saturated rings. The van der Waals surface area contributed by atoms with E-state index in [1.165, 1.54) is 0 Å². The van der Waals surface area contributed by atoms with Gasteiger partial charge in [0.25, 0.3) is 0 Å². The summed E-state index contributed by atoms with van der Waals surface area (Å²) in [6.07, 6.45) is 0. The molecule has 24 heavy (non-hydrogen) atoms. The molecule has 0 saturated carbocycles. The Morgan fingerprint density at radius 1 is 1.08 bits per heavy atom. The number of carboxylic acids is 1. The highest BCUT2D eigenvalue weighted by molar-refractivity contribution is 5.87. The van der Waals surface area contributed by atoms with Crippen LogP contribution in [0.2, 0.25) is 0 Å². The van der Waals surface area contributed by atoms with Crippen molar-refractivity contribution in [1.82, 2.24) is 5.32 Å². The van der Waals surface area contributed by atoms with Crippen molar-refractivity contribution >= 4 is 11.9 Å². The quantitative estimate of drug-likeness (QED) is 0.820. The normalized spacial score (nSPS) is 10.9. The SMILES string of the molecule is CC(C)(C(=O)NCc1cccc(OCC(=O)O)c1)c1ccccc1. The summed E-state index contributed by atoms with van der Waals surface area (Å²) < 4.78 is 5.14. The van der Waals surface area contributed by atoms with Gasteiger partial charge in [0.2, 0.25) is 5.91 Å². The standard InChI is InChI=1S/C19H21NO4/c1-19(2,15-8-4-3-5-9-15)18(23)20-12-14-7-6-10-16(11-14)24-13-17(21)22/h3-11H,12-13H2,1-2H3,(H,20,23)(H,21,22). The van der Waals surface area contributed by atoms with E-state index in [0.29, 0.717) is 12.3 Å². The van der Waals surface area contributed by atoms with E-state index in [2.05, 4.69) is 5.32 Å². The van der Waals surface area contributed by atoms with Gasteiger partial charge in [-0.05, 0) is 37.1 Å². The molecule has 2 aromatic carbocycles. The number of amides is 1. The zero-order valence-electron chi connectivity index (χ0n) is 13.8. The third-order valence-corrected chi connectivity index (χ3v) is 3.78. The molecule has 2 aromatic rings. The fourth-order valence-corrected chi connectivity index (χ4v) is 2.28. The summed E-state index contributed by atoms with van der Waals surface area (Å²) in [5.41, 5.74) is 1.15. The second kappa shape index (κ2) is 7.64. The average molecular weight is 327 g/mol. The Kier molecular flexibility index (Phi) is 5.58. The number of nitrogens with one attached hydrogen (secondary N) is 1. The number of hydrogen-bond acceptors (Lipinski definition) is 3. The second-order valence-corrected chi connectivity index (χ2v) is 6.00. The van der Waals surface area contributed by atoms with Gasteiger partial charge < -0.3 is 15.2 Å². The first-order chi connectivity index (χ1) is 11.4. The molecule has 1 amide bonds. The lowest BCUT2D eigenvalue weighted by atomic mass is 9.84. The molecule has 0 unspecified atom stereocenters. The maximum absolute atomic E-state index is 12.5. The predicted molar refractivity (Wildman–Crippen MR) is 90.9 cm³/mol. The maximum Gasteiger partial charge on any atom is 0.341 e. The molecule has 2 rings (SSSR count). The van der Waals surface area contributed by atoms with E-state index < -0.39 is 18.0 Å². The molecule has 0 radical (unpaired) electrons.